The summed E-state index contributed by atoms with van der Waals surface area (Å²) in [6, 6.07) is 6.85. The molecular formula is C15H12N4O2S. The van der Waals surface area contributed by atoms with E-state index < -0.39 is 11.8 Å². The lowest BCUT2D eigenvalue weighted by Crippen LogP contribution is -2.11. The Hall–Kier alpha value is -2.93. The largest absolute Gasteiger partial charge is 0.397 e. The van der Waals surface area contributed by atoms with E-state index in [1.807, 2.05) is 6.07 Å². The number of fused-ring (bicyclic) bond motifs is 1. The van der Waals surface area contributed by atoms with Gasteiger partial charge in [0, 0.05) is 28.9 Å². The third-order valence-corrected chi connectivity index (χ3v) is 4.47. The first-order valence-electron chi connectivity index (χ1n) is 6.35. The van der Waals surface area contributed by atoms with Crippen molar-refractivity contribution in [1.29, 1.82) is 0 Å². The van der Waals surface area contributed by atoms with Gasteiger partial charge >= 0.3 is 0 Å². The molecule has 22 heavy (non-hydrogen) atoms. The summed E-state index contributed by atoms with van der Waals surface area (Å²) in [7, 11) is 0. The van der Waals surface area contributed by atoms with Gasteiger partial charge in [-0.15, -0.1) is 11.3 Å². The highest BCUT2D eigenvalue weighted by atomic mass is 32.1. The van der Waals surface area contributed by atoms with Crippen LogP contribution in [-0.2, 0) is 0 Å². The van der Waals surface area contributed by atoms with E-state index in [0.29, 0.717) is 21.5 Å². The number of nitrogens with zero attached hydrogens (tertiary/aromatic N) is 1. The summed E-state index contributed by atoms with van der Waals surface area (Å²) in [5.41, 5.74) is 18.9. The average molecular weight is 312 g/mol. The second-order valence-electron chi connectivity index (χ2n) is 4.71. The molecule has 3 rings (SSSR count). The van der Waals surface area contributed by atoms with E-state index in [-0.39, 0.29) is 0 Å². The number of amides is 2. The van der Waals surface area contributed by atoms with Crippen LogP contribution in [0.4, 0.5) is 5.69 Å². The third-order valence-electron chi connectivity index (χ3n) is 3.32. The zero-order valence-corrected chi connectivity index (χ0v) is 12.2. The fourth-order valence-electron chi connectivity index (χ4n) is 2.32. The van der Waals surface area contributed by atoms with Gasteiger partial charge in [0.2, 0.25) is 5.91 Å². The zero-order chi connectivity index (χ0) is 15.9. The van der Waals surface area contributed by atoms with Crippen LogP contribution in [0.25, 0.3) is 21.2 Å². The van der Waals surface area contributed by atoms with Crippen molar-refractivity contribution in [2.24, 2.45) is 11.5 Å². The second-order valence-corrected chi connectivity index (χ2v) is 5.77. The molecule has 0 bridgehead atoms. The van der Waals surface area contributed by atoms with Crippen molar-refractivity contribution in [3.05, 3.63) is 47.1 Å². The summed E-state index contributed by atoms with van der Waals surface area (Å²) < 4.78 is 0.758. The summed E-state index contributed by atoms with van der Waals surface area (Å²) in [5, 5.41) is 0.704. The summed E-state index contributed by atoms with van der Waals surface area (Å²) in [6.07, 6.45) is 3.26. The van der Waals surface area contributed by atoms with Crippen molar-refractivity contribution in [2.45, 2.75) is 0 Å². The fourth-order valence-corrected chi connectivity index (χ4v) is 3.28. The number of aromatic nitrogens is 1. The Balaban J connectivity index is 2.29. The highest BCUT2D eigenvalue weighted by molar-refractivity contribution is 7.21. The number of rotatable bonds is 3. The number of carbonyl (C=O) groups is 2. The van der Waals surface area contributed by atoms with Gasteiger partial charge in [-0.1, -0.05) is 12.1 Å². The Bertz CT molecular complexity index is 917. The molecule has 7 heteroatoms. The maximum absolute atomic E-state index is 11.5. The Morgan fingerprint density at radius 1 is 1.09 bits per heavy atom. The predicted molar refractivity (Wildman–Crippen MR) is 86.5 cm³/mol. The van der Waals surface area contributed by atoms with E-state index in [1.165, 1.54) is 11.3 Å². The van der Waals surface area contributed by atoms with Crippen molar-refractivity contribution in [3.8, 4) is 11.1 Å². The second kappa shape index (κ2) is 5.12. The summed E-state index contributed by atoms with van der Waals surface area (Å²) in [6.45, 7) is 0. The van der Waals surface area contributed by atoms with Crippen LogP contribution in [0.1, 0.15) is 20.0 Å². The van der Waals surface area contributed by atoms with Crippen molar-refractivity contribution < 1.29 is 9.59 Å². The lowest BCUT2D eigenvalue weighted by molar-refractivity contribution is 0.0994. The van der Waals surface area contributed by atoms with Crippen LogP contribution in [0.5, 0.6) is 0 Å². The van der Waals surface area contributed by atoms with Crippen LogP contribution >= 0.6 is 11.3 Å². The summed E-state index contributed by atoms with van der Waals surface area (Å²) in [4.78, 5) is 27.3. The van der Waals surface area contributed by atoms with E-state index >= 15 is 0 Å². The van der Waals surface area contributed by atoms with Gasteiger partial charge in [-0.25, -0.2) is 0 Å². The van der Waals surface area contributed by atoms with Gasteiger partial charge in [-0.3, -0.25) is 14.6 Å². The van der Waals surface area contributed by atoms with Crippen LogP contribution in [0.2, 0.25) is 0 Å². The van der Waals surface area contributed by atoms with E-state index in [1.54, 1.807) is 30.6 Å². The molecule has 0 spiro atoms. The van der Waals surface area contributed by atoms with E-state index in [4.69, 9.17) is 17.2 Å². The smallest absolute Gasteiger partial charge is 0.260 e. The molecule has 0 fully saturated rings. The molecule has 0 atom stereocenters. The Kier molecular flexibility index (Phi) is 3.26. The predicted octanol–water partition coefficient (Wildman–Crippen LogP) is 1.74. The van der Waals surface area contributed by atoms with Crippen LogP contribution in [0.15, 0.2) is 36.7 Å². The fraction of sp³-hybridized carbons (Fsp3) is 0. The number of nitrogens with two attached hydrogens (primary N) is 3. The molecule has 0 saturated heterocycles. The third kappa shape index (κ3) is 2.17. The minimum Gasteiger partial charge on any atom is -0.397 e. The van der Waals surface area contributed by atoms with E-state index in [9.17, 15) is 9.59 Å². The van der Waals surface area contributed by atoms with E-state index in [2.05, 4.69) is 4.98 Å². The lowest BCUT2D eigenvalue weighted by Gasteiger charge is -2.06. The van der Waals surface area contributed by atoms with Crippen LogP contribution < -0.4 is 17.2 Å². The topological polar surface area (TPSA) is 125 Å². The number of hydrogen-bond donors (Lipinski definition) is 3. The molecule has 110 valence electrons. The highest BCUT2D eigenvalue weighted by Crippen LogP contribution is 2.39. The minimum atomic E-state index is -0.574. The molecule has 0 aliphatic carbocycles. The van der Waals surface area contributed by atoms with Gasteiger partial charge in [0.1, 0.15) is 4.88 Å². The number of thiophene rings is 1. The Morgan fingerprint density at radius 2 is 1.86 bits per heavy atom. The normalized spacial score (nSPS) is 10.7. The van der Waals surface area contributed by atoms with Gasteiger partial charge in [-0.05, 0) is 17.7 Å². The number of pyridine rings is 1. The molecule has 6 N–H and O–H groups in total. The molecule has 6 nitrogen and oxygen atoms in total. The first-order valence-corrected chi connectivity index (χ1v) is 7.16. The van der Waals surface area contributed by atoms with Crippen molar-refractivity contribution in [3.63, 3.8) is 0 Å². The molecule has 1 aromatic carbocycles. The molecule has 0 saturated carbocycles. The summed E-state index contributed by atoms with van der Waals surface area (Å²) in [5.74, 6) is -1.09. The molecule has 0 aliphatic rings. The molecule has 0 aliphatic heterocycles. The molecule has 0 unspecified atom stereocenters. The number of nitrogen functional groups attached to an aromatic ring is 1. The maximum Gasteiger partial charge on any atom is 0.260 e. The number of hydrogen-bond acceptors (Lipinski definition) is 5. The molecule has 3 aromatic rings. The van der Waals surface area contributed by atoms with Crippen LogP contribution in [0, 0.1) is 0 Å². The minimum absolute atomic E-state index is 0.301. The quantitative estimate of drug-likeness (QED) is 0.681. The molecule has 2 amide bonds. The Morgan fingerprint density at radius 3 is 2.55 bits per heavy atom. The zero-order valence-electron chi connectivity index (χ0n) is 11.4. The standard InChI is InChI=1S/C15H12N4O2S/c16-12-11-9(7-2-1-3-8(4-7)14(17)20)5-19-6-10(11)22-13(12)15(18)21/h1-6H,16H2,(H2,17,20)(H2,18,21). The molecule has 2 aromatic heterocycles. The van der Waals surface area contributed by atoms with Gasteiger partial charge in [0.25, 0.3) is 5.91 Å². The van der Waals surface area contributed by atoms with Crippen LogP contribution in [0.3, 0.4) is 0 Å². The summed E-state index contributed by atoms with van der Waals surface area (Å²) >= 11 is 1.20. The Labute approximate surface area is 129 Å². The maximum atomic E-state index is 11.5. The van der Waals surface area contributed by atoms with Crippen molar-refractivity contribution >= 4 is 38.9 Å². The van der Waals surface area contributed by atoms with Gasteiger partial charge in [0.05, 0.1) is 10.4 Å². The first kappa shape index (κ1) is 14.0. The number of benzene rings is 1. The number of primary amides is 2. The SMILES string of the molecule is NC(=O)c1cccc(-c2cncc3sc(C(N)=O)c(N)c23)c1. The van der Waals surface area contributed by atoms with Gasteiger partial charge in [-0.2, -0.15) is 0 Å². The number of anilines is 1. The van der Waals surface area contributed by atoms with Crippen molar-refractivity contribution in [1.82, 2.24) is 4.98 Å². The molecular weight excluding hydrogens is 300 g/mol. The average Bonchev–Trinajstić information content (AvgIpc) is 2.85. The molecule has 2 heterocycles. The van der Waals surface area contributed by atoms with Gasteiger partial charge in [0.15, 0.2) is 0 Å². The molecule has 0 radical (unpaired) electrons. The van der Waals surface area contributed by atoms with E-state index in [0.717, 1.165) is 15.8 Å². The lowest BCUT2D eigenvalue weighted by atomic mass is 10.0. The van der Waals surface area contributed by atoms with Gasteiger partial charge < -0.3 is 17.2 Å². The monoisotopic (exact) mass is 312 g/mol. The van der Waals surface area contributed by atoms with Crippen LogP contribution in [-0.4, -0.2) is 16.8 Å². The van der Waals surface area contributed by atoms with Crippen molar-refractivity contribution in [2.75, 3.05) is 5.73 Å². The first-order chi connectivity index (χ1) is 10.5. The number of carbonyl (C=O) groups excluding carboxylic acids is 2. The highest BCUT2D eigenvalue weighted by Gasteiger charge is 2.18.